The molecular formula is C13H20N2O2. The molecule has 1 atom stereocenters. The molecule has 0 aliphatic rings. The van der Waals surface area contributed by atoms with Crippen LogP contribution < -0.4 is 15.8 Å². The molecule has 0 saturated carbocycles. The summed E-state index contributed by atoms with van der Waals surface area (Å²) in [5.41, 5.74) is 6.46. The highest BCUT2D eigenvalue weighted by molar-refractivity contribution is 5.79. The number of ether oxygens (including phenoxy) is 1. The van der Waals surface area contributed by atoms with Gasteiger partial charge in [-0.3, -0.25) is 4.79 Å². The second kappa shape index (κ2) is 6.25. The van der Waals surface area contributed by atoms with Crippen LogP contribution in [0.2, 0.25) is 0 Å². The molecule has 0 spiro atoms. The first-order valence-electron chi connectivity index (χ1n) is 5.74. The minimum absolute atomic E-state index is 0.243. The quantitative estimate of drug-likeness (QED) is 0.781. The monoisotopic (exact) mass is 236 g/mol. The van der Waals surface area contributed by atoms with Crippen molar-refractivity contribution >= 4 is 5.91 Å². The fraction of sp³-hybridized carbons (Fsp3) is 0.462. The highest BCUT2D eigenvalue weighted by Gasteiger charge is 2.13. The number of hydrogen-bond acceptors (Lipinski definition) is 3. The predicted molar refractivity (Wildman–Crippen MR) is 68.1 cm³/mol. The first kappa shape index (κ1) is 13.5. The molecule has 4 nitrogen and oxygen atoms in total. The Kier molecular flexibility index (Phi) is 4.97. The first-order valence-corrected chi connectivity index (χ1v) is 5.74. The number of nitrogens with one attached hydrogen (secondary N) is 1. The van der Waals surface area contributed by atoms with Crippen molar-refractivity contribution in [2.75, 3.05) is 13.7 Å². The Morgan fingerprint density at radius 1 is 1.35 bits per heavy atom. The predicted octanol–water partition coefficient (Wildman–Crippen LogP) is 1.26. The Morgan fingerprint density at radius 2 is 1.94 bits per heavy atom. The molecule has 0 bridgehead atoms. The third kappa shape index (κ3) is 4.07. The molecule has 0 saturated heterocycles. The molecule has 0 fully saturated rings. The molecule has 1 unspecified atom stereocenters. The fourth-order valence-electron chi connectivity index (χ4n) is 1.44. The van der Waals surface area contributed by atoms with Gasteiger partial charge in [0.1, 0.15) is 18.4 Å². The Labute approximate surface area is 102 Å². The number of carbonyl (C=O) groups is 1. The summed E-state index contributed by atoms with van der Waals surface area (Å²) in [6, 6.07) is 7.41. The van der Waals surface area contributed by atoms with Crippen LogP contribution >= 0.6 is 0 Å². The lowest BCUT2D eigenvalue weighted by Crippen LogP contribution is -2.43. The third-order valence-electron chi connectivity index (χ3n) is 2.66. The smallest absolute Gasteiger partial charge is 0.238 e. The van der Waals surface area contributed by atoms with Crippen LogP contribution in [0.1, 0.15) is 25.3 Å². The first-order chi connectivity index (χ1) is 8.04. The average Bonchev–Trinajstić information content (AvgIpc) is 2.30. The molecule has 0 aromatic heterocycles. The number of benzene rings is 1. The lowest BCUT2D eigenvalue weighted by Gasteiger charge is -2.14. The molecular weight excluding hydrogens is 216 g/mol. The van der Waals surface area contributed by atoms with Gasteiger partial charge in [-0.25, -0.2) is 0 Å². The van der Waals surface area contributed by atoms with Crippen LogP contribution in [0.5, 0.6) is 5.75 Å². The van der Waals surface area contributed by atoms with E-state index in [1.54, 1.807) is 7.05 Å². The molecule has 4 heteroatoms. The van der Waals surface area contributed by atoms with Crippen LogP contribution in [0.3, 0.4) is 0 Å². The van der Waals surface area contributed by atoms with E-state index in [-0.39, 0.29) is 6.61 Å². The van der Waals surface area contributed by atoms with E-state index in [0.29, 0.717) is 5.92 Å². The summed E-state index contributed by atoms with van der Waals surface area (Å²) < 4.78 is 5.49. The van der Waals surface area contributed by atoms with Gasteiger partial charge in [-0.1, -0.05) is 26.0 Å². The molecule has 0 heterocycles. The van der Waals surface area contributed by atoms with Crippen LogP contribution in [0.4, 0.5) is 0 Å². The van der Waals surface area contributed by atoms with Gasteiger partial charge in [0, 0.05) is 0 Å². The number of primary amides is 1. The summed E-state index contributed by atoms with van der Waals surface area (Å²) in [5, 5.41) is 2.80. The van der Waals surface area contributed by atoms with Crippen LogP contribution in [0, 0.1) is 0 Å². The van der Waals surface area contributed by atoms with Gasteiger partial charge >= 0.3 is 0 Å². The summed E-state index contributed by atoms with van der Waals surface area (Å²) in [4.78, 5) is 11.0. The standard InChI is InChI=1S/C13H20N2O2/c1-9(2)10-4-6-11(7-5-10)17-8-12(15-3)13(14)16/h4-7,9,12,15H,8H2,1-3H3,(H2,14,16). The SMILES string of the molecule is CNC(COc1ccc(C(C)C)cc1)C(N)=O. The maximum Gasteiger partial charge on any atom is 0.238 e. The Bertz CT molecular complexity index is 360. The zero-order valence-electron chi connectivity index (χ0n) is 10.6. The van der Waals surface area contributed by atoms with Gasteiger partial charge in [0.2, 0.25) is 5.91 Å². The second-order valence-corrected chi connectivity index (χ2v) is 4.28. The van der Waals surface area contributed by atoms with Crippen LogP contribution in [0.15, 0.2) is 24.3 Å². The van der Waals surface area contributed by atoms with Crippen molar-refractivity contribution in [1.29, 1.82) is 0 Å². The highest BCUT2D eigenvalue weighted by Crippen LogP contribution is 2.18. The van der Waals surface area contributed by atoms with E-state index in [0.717, 1.165) is 5.75 Å². The molecule has 17 heavy (non-hydrogen) atoms. The lowest BCUT2D eigenvalue weighted by atomic mass is 10.0. The average molecular weight is 236 g/mol. The van der Waals surface area contributed by atoms with Crippen molar-refractivity contribution in [2.24, 2.45) is 5.73 Å². The van der Waals surface area contributed by atoms with E-state index in [4.69, 9.17) is 10.5 Å². The fourth-order valence-corrected chi connectivity index (χ4v) is 1.44. The molecule has 0 aliphatic carbocycles. The zero-order valence-corrected chi connectivity index (χ0v) is 10.6. The number of amides is 1. The van der Waals surface area contributed by atoms with Crippen molar-refractivity contribution in [3.63, 3.8) is 0 Å². The molecule has 1 aromatic carbocycles. The maximum absolute atomic E-state index is 11.0. The molecule has 94 valence electrons. The van der Waals surface area contributed by atoms with Crippen LogP contribution in [0.25, 0.3) is 0 Å². The Morgan fingerprint density at radius 3 is 2.35 bits per heavy atom. The van der Waals surface area contributed by atoms with Crippen molar-refractivity contribution in [1.82, 2.24) is 5.32 Å². The normalized spacial score (nSPS) is 12.5. The van der Waals surface area contributed by atoms with Gasteiger partial charge in [-0.05, 0) is 30.7 Å². The summed E-state index contributed by atoms with van der Waals surface area (Å²) >= 11 is 0. The van der Waals surface area contributed by atoms with Gasteiger partial charge in [-0.2, -0.15) is 0 Å². The van der Waals surface area contributed by atoms with E-state index in [9.17, 15) is 4.79 Å². The van der Waals surface area contributed by atoms with E-state index >= 15 is 0 Å². The van der Waals surface area contributed by atoms with Crippen molar-refractivity contribution in [3.8, 4) is 5.75 Å². The van der Waals surface area contributed by atoms with Gasteiger partial charge in [0.25, 0.3) is 0 Å². The lowest BCUT2D eigenvalue weighted by molar-refractivity contribution is -0.120. The Hall–Kier alpha value is -1.55. The van der Waals surface area contributed by atoms with E-state index in [1.807, 2.05) is 24.3 Å². The van der Waals surface area contributed by atoms with E-state index < -0.39 is 11.9 Å². The number of likely N-dealkylation sites (N-methyl/N-ethyl adjacent to an activating group) is 1. The van der Waals surface area contributed by atoms with E-state index in [2.05, 4.69) is 19.2 Å². The van der Waals surface area contributed by atoms with Gasteiger partial charge < -0.3 is 15.8 Å². The summed E-state index contributed by atoms with van der Waals surface area (Å²) in [6.07, 6.45) is 0. The topological polar surface area (TPSA) is 64.3 Å². The van der Waals surface area contributed by atoms with Crippen molar-refractivity contribution in [3.05, 3.63) is 29.8 Å². The van der Waals surface area contributed by atoms with Gasteiger partial charge in [-0.15, -0.1) is 0 Å². The number of carbonyl (C=O) groups excluding carboxylic acids is 1. The summed E-state index contributed by atoms with van der Waals surface area (Å²) in [7, 11) is 1.68. The minimum atomic E-state index is -0.459. The third-order valence-corrected chi connectivity index (χ3v) is 2.66. The molecule has 0 radical (unpaired) electrons. The largest absolute Gasteiger partial charge is 0.491 e. The highest BCUT2D eigenvalue weighted by atomic mass is 16.5. The maximum atomic E-state index is 11.0. The number of nitrogens with two attached hydrogens (primary N) is 1. The van der Waals surface area contributed by atoms with Crippen LogP contribution in [-0.4, -0.2) is 25.6 Å². The van der Waals surface area contributed by atoms with Gasteiger partial charge in [0.05, 0.1) is 0 Å². The summed E-state index contributed by atoms with van der Waals surface area (Å²) in [6.45, 7) is 4.52. The summed E-state index contributed by atoms with van der Waals surface area (Å²) in [5.74, 6) is 0.835. The van der Waals surface area contributed by atoms with Crippen LogP contribution in [-0.2, 0) is 4.79 Å². The minimum Gasteiger partial charge on any atom is -0.491 e. The van der Waals surface area contributed by atoms with Gasteiger partial charge in [0.15, 0.2) is 0 Å². The number of hydrogen-bond donors (Lipinski definition) is 2. The molecule has 1 aromatic rings. The Balaban J connectivity index is 2.55. The molecule has 3 N–H and O–H groups in total. The van der Waals surface area contributed by atoms with Crippen molar-refractivity contribution < 1.29 is 9.53 Å². The second-order valence-electron chi connectivity index (χ2n) is 4.28. The molecule has 0 aliphatic heterocycles. The molecule has 1 rings (SSSR count). The van der Waals surface area contributed by atoms with E-state index in [1.165, 1.54) is 5.56 Å². The zero-order chi connectivity index (χ0) is 12.8. The van der Waals surface area contributed by atoms with Crippen molar-refractivity contribution in [2.45, 2.75) is 25.8 Å². The number of rotatable bonds is 6. The molecule has 1 amide bonds.